The maximum Gasteiger partial charge on any atom is 0.286 e. The van der Waals surface area contributed by atoms with Gasteiger partial charge in [-0.2, -0.15) is 0 Å². The lowest BCUT2D eigenvalue weighted by Gasteiger charge is -2.05. The zero-order valence-electron chi connectivity index (χ0n) is 11.4. The molecule has 2 aromatic carbocycles. The summed E-state index contributed by atoms with van der Waals surface area (Å²) in [6.45, 7) is 4.13. The molecule has 0 saturated heterocycles. The number of aryl methyl sites for hydroxylation is 2. The van der Waals surface area contributed by atoms with Crippen LogP contribution in [0.15, 0.2) is 48.5 Å². The molecule has 0 amide bonds. The zero-order chi connectivity index (χ0) is 14.5. The fourth-order valence-corrected chi connectivity index (χ4v) is 6.50. The molecule has 0 bridgehead atoms. The van der Waals surface area contributed by atoms with Crippen LogP contribution in [0, 0.1) is 24.9 Å². The third-order valence-electron chi connectivity index (χ3n) is 3.05. The van der Waals surface area contributed by atoms with Gasteiger partial charge in [0.15, 0.2) is 0 Å². The highest BCUT2D eigenvalue weighted by atomic mass is 35.6. The zero-order valence-corrected chi connectivity index (χ0v) is 14.9. The van der Waals surface area contributed by atoms with Gasteiger partial charge >= 0.3 is 0 Å². The van der Waals surface area contributed by atoms with E-state index in [9.17, 15) is 0 Å². The van der Waals surface area contributed by atoms with E-state index in [1.807, 2.05) is 24.3 Å². The summed E-state index contributed by atoms with van der Waals surface area (Å²) in [5.41, 5.74) is 8.79. The third kappa shape index (κ3) is 3.77. The molecule has 0 fully saturated rings. The van der Waals surface area contributed by atoms with Crippen LogP contribution in [0.4, 0.5) is 0 Å². The fraction of sp³-hybridized carbons (Fsp3) is 0.125. The lowest BCUT2D eigenvalue weighted by Crippen LogP contribution is -2.28. The average Bonchev–Trinajstić information content (AvgIpc) is 2.45. The van der Waals surface area contributed by atoms with E-state index in [1.165, 1.54) is 11.1 Å². The molecule has 0 aliphatic carbocycles. The molecule has 0 saturated carbocycles. The summed E-state index contributed by atoms with van der Waals surface area (Å²) in [6.07, 6.45) is 0. The molecule has 2 rings (SSSR count). The standard InChI is InChI=1S/C16H14Cl2Si2/c1-13-7-3-5-9-15(13)19(17)11-12-20(18)16-10-6-4-8-14(16)2/h3-10H,1-2H3. The highest BCUT2D eigenvalue weighted by molar-refractivity contribution is 7.22. The molecule has 0 aliphatic rings. The highest BCUT2D eigenvalue weighted by Gasteiger charge is 2.14. The smallest absolute Gasteiger partial charge is 0.145 e. The first-order valence-electron chi connectivity index (χ1n) is 6.28. The molecule has 4 heteroatoms. The van der Waals surface area contributed by atoms with Crippen molar-refractivity contribution < 1.29 is 0 Å². The van der Waals surface area contributed by atoms with Crippen molar-refractivity contribution in [1.29, 1.82) is 0 Å². The molecule has 0 atom stereocenters. The SMILES string of the molecule is Cc1ccccc1[Si](Cl)C#C[Si](Cl)c1ccccc1C. The van der Waals surface area contributed by atoms with Crippen LogP contribution in [0.1, 0.15) is 11.1 Å². The number of hydrogen-bond donors (Lipinski definition) is 0. The molecular weight excluding hydrogens is 319 g/mol. The first kappa shape index (κ1) is 15.4. The Morgan fingerprint density at radius 2 is 1.05 bits per heavy atom. The van der Waals surface area contributed by atoms with Crippen molar-refractivity contribution in [3.05, 3.63) is 59.7 Å². The Kier molecular flexibility index (Phi) is 5.50. The van der Waals surface area contributed by atoms with Gasteiger partial charge < -0.3 is 0 Å². The lowest BCUT2D eigenvalue weighted by atomic mass is 10.2. The summed E-state index contributed by atoms with van der Waals surface area (Å²) in [5.74, 6) is 0. The number of rotatable bonds is 2. The van der Waals surface area contributed by atoms with Gasteiger partial charge in [-0.3, -0.25) is 0 Å². The van der Waals surface area contributed by atoms with Gasteiger partial charge in [0.05, 0.1) is 0 Å². The van der Waals surface area contributed by atoms with E-state index in [0.717, 1.165) is 10.4 Å². The van der Waals surface area contributed by atoms with Crippen molar-refractivity contribution in [3.63, 3.8) is 0 Å². The predicted octanol–water partition coefficient (Wildman–Crippen LogP) is 2.96. The maximum absolute atomic E-state index is 6.47. The fourth-order valence-electron chi connectivity index (χ4n) is 1.88. The maximum atomic E-state index is 6.47. The second-order valence-electron chi connectivity index (χ2n) is 4.51. The first-order chi connectivity index (χ1) is 9.59. The Balaban J connectivity index is 2.19. The van der Waals surface area contributed by atoms with Crippen LogP contribution in [0.25, 0.3) is 0 Å². The van der Waals surface area contributed by atoms with Gasteiger partial charge in [0.25, 0.3) is 16.2 Å². The van der Waals surface area contributed by atoms with E-state index in [4.69, 9.17) is 22.2 Å². The van der Waals surface area contributed by atoms with Crippen molar-refractivity contribution in [2.24, 2.45) is 0 Å². The van der Waals surface area contributed by atoms with Crippen molar-refractivity contribution in [3.8, 4) is 11.1 Å². The molecule has 0 aromatic heterocycles. The van der Waals surface area contributed by atoms with Gasteiger partial charge in [0.1, 0.15) is 0 Å². The topological polar surface area (TPSA) is 0 Å². The molecule has 0 aliphatic heterocycles. The van der Waals surface area contributed by atoms with Crippen LogP contribution in [0.3, 0.4) is 0 Å². The molecule has 0 heterocycles. The first-order valence-corrected chi connectivity index (χ1v) is 11.3. The van der Waals surface area contributed by atoms with E-state index in [0.29, 0.717) is 0 Å². The Morgan fingerprint density at radius 1 is 0.700 bits per heavy atom. The summed E-state index contributed by atoms with van der Waals surface area (Å²) in [5, 5.41) is 2.31. The van der Waals surface area contributed by atoms with Gasteiger partial charge in [-0.1, -0.05) is 48.5 Å². The van der Waals surface area contributed by atoms with Gasteiger partial charge in [-0.25, -0.2) is 0 Å². The summed E-state index contributed by atoms with van der Waals surface area (Å²) in [7, 11) is -2.72. The van der Waals surface area contributed by atoms with Gasteiger partial charge in [0, 0.05) is 0 Å². The minimum atomic E-state index is -1.36. The van der Waals surface area contributed by atoms with E-state index >= 15 is 0 Å². The third-order valence-corrected chi connectivity index (χ3v) is 7.84. The number of benzene rings is 2. The van der Waals surface area contributed by atoms with Gasteiger partial charge in [-0.05, 0) is 35.3 Å². The Hall–Kier alpha value is -0.986. The van der Waals surface area contributed by atoms with Crippen molar-refractivity contribution in [2.45, 2.75) is 13.8 Å². The molecular formula is C16H14Cl2Si2. The second-order valence-corrected chi connectivity index (χ2v) is 9.61. The Morgan fingerprint density at radius 3 is 1.40 bits per heavy atom. The predicted molar refractivity (Wildman–Crippen MR) is 92.6 cm³/mol. The minimum absolute atomic E-state index is 1.16. The largest absolute Gasteiger partial charge is 0.286 e. The molecule has 0 N–H and O–H groups in total. The summed E-state index contributed by atoms with van der Waals surface area (Å²) in [4.78, 5) is 0. The van der Waals surface area contributed by atoms with Gasteiger partial charge in [0.2, 0.25) is 0 Å². The monoisotopic (exact) mass is 332 g/mol. The molecule has 2 aromatic rings. The van der Waals surface area contributed by atoms with Crippen LogP contribution in [-0.2, 0) is 0 Å². The molecule has 2 radical (unpaired) electrons. The summed E-state index contributed by atoms with van der Waals surface area (Å²) < 4.78 is 0. The van der Waals surface area contributed by atoms with Crippen LogP contribution in [0.2, 0.25) is 0 Å². The normalized spacial score (nSPS) is 10.5. The number of halogens is 2. The van der Waals surface area contributed by atoms with Crippen LogP contribution >= 0.6 is 22.2 Å². The second kappa shape index (κ2) is 7.15. The van der Waals surface area contributed by atoms with Crippen molar-refractivity contribution in [1.82, 2.24) is 0 Å². The van der Waals surface area contributed by atoms with Crippen LogP contribution in [-0.4, -0.2) is 16.2 Å². The van der Waals surface area contributed by atoms with Crippen LogP contribution in [0.5, 0.6) is 0 Å². The van der Waals surface area contributed by atoms with E-state index < -0.39 is 16.2 Å². The van der Waals surface area contributed by atoms with E-state index in [1.54, 1.807) is 0 Å². The Labute approximate surface area is 133 Å². The molecule has 20 heavy (non-hydrogen) atoms. The quantitative estimate of drug-likeness (QED) is 0.450. The number of hydrogen-bond acceptors (Lipinski definition) is 0. The molecule has 0 nitrogen and oxygen atoms in total. The Bertz CT molecular complexity index is 603. The average molecular weight is 333 g/mol. The summed E-state index contributed by atoms with van der Waals surface area (Å²) >= 11 is 12.9. The summed E-state index contributed by atoms with van der Waals surface area (Å²) in [6, 6.07) is 16.3. The minimum Gasteiger partial charge on any atom is -0.145 e. The molecule has 100 valence electrons. The van der Waals surface area contributed by atoms with Crippen molar-refractivity contribution >= 4 is 48.7 Å². The van der Waals surface area contributed by atoms with Crippen LogP contribution < -0.4 is 10.4 Å². The van der Waals surface area contributed by atoms with E-state index in [2.05, 4.69) is 49.2 Å². The highest BCUT2D eigenvalue weighted by Crippen LogP contribution is 2.01. The van der Waals surface area contributed by atoms with Gasteiger partial charge in [-0.15, -0.1) is 33.2 Å². The molecule has 0 unspecified atom stereocenters. The molecule has 0 spiro atoms. The lowest BCUT2D eigenvalue weighted by molar-refractivity contribution is 1.51. The van der Waals surface area contributed by atoms with Crippen molar-refractivity contribution in [2.75, 3.05) is 0 Å². The van der Waals surface area contributed by atoms with E-state index in [-0.39, 0.29) is 0 Å².